The largest absolute Gasteiger partial charge is 0.344 e. The second-order valence-corrected chi connectivity index (χ2v) is 14.6. The highest BCUT2D eigenvalue weighted by atomic mass is 32.2. The average Bonchev–Trinajstić information content (AvgIpc) is 3.55. The smallest absolute Gasteiger partial charge is 0.333 e. The number of carbonyl (C=O) groups excluding carboxylic acids is 3. The number of aryl methyl sites for hydroxylation is 1. The third-order valence-corrected chi connectivity index (χ3v) is 10.5. The SMILES string of the molecule is CCN1C(=C/C=C/C=C/C2=[N+](CC)c3ccc(C)cc3C2(C)C)C(C)(CCCC(=O)ON2C(=O)CCC2=O)c2cc(S(=O)(=O)O)ccc21. The van der Waals surface area contributed by atoms with Crippen LogP contribution in [0.2, 0.25) is 0 Å². The van der Waals surface area contributed by atoms with E-state index in [4.69, 9.17) is 4.84 Å². The molecule has 0 bridgehead atoms. The van der Waals surface area contributed by atoms with Gasteiger partial charge in [-0.1, -0.05) is 29.9 Å². The van der Waals surface area contributed by atoms with Crippen molar-refractivity contribution in [2.24, 2.45) is 0 Å². The van der Waals surface area contributed by atoms with Gasteiger partial charge in [0.25, 0.3) is 21.9 Å². The van der Waals surface area contributed by atoms with Gasteiger partial charge in [0.1, 0.15) is 6.54 Å². The van der Waals surface area contributed by atoms with Gasteiger partial charge < -0.3 is 9.74 Å². The number of carbonyl (C=O) groups is 3. The fourth-order valence-corrected chi connectivity index (χ4v) is 7.68. The molecule has 0 saturated carbocycles. The van der Waals surface area contributed by atoms with Crippen LogP contribution in [0.3, 0.4) is 0 Å². The van der Waals surface area contributed by atoms with Crippen molar-refractivity contribution in [1.29, 1.82) is 0 Å². The topological polar surface area (TPSA) is 124 Å². The van der Waals surface area contributed by atoms with Crippen molar-refractivity contribution in [2.45, 2.75) is 89.4 Å². The molecule has 254 valence electrons. The second kappa shape index (κ2) is 13.3. The first kappa shape index (κ1) is 35.0. The van der Waals surface area contributed by atoms with Crippen LogP contribution in [0, 0.1) is 6.92 Å². The lowest BCUT2D eigenvalue weighted by Crippen LogP contribution is -2.32. The Bertz CT molecular complexity index is 1890. The predicted octanol–water partition coefficient (Wildman–Crippen LogP) is 6.21. The first-order valence-corrected chi connectivity index (χ1v) is 17.8. The van der Waals surface area contributed by atoms with Crippen molar-refractivity contribution >= 4 is 45.0 Å². The van der Waals surface area contributed by atoms with Crippen molar-refractivity contribution in [3.63, 3.8) is 0 Å². The summed E-state index contributed by atoms with van der Waals surface area (Å²) in [7, 11) is -4.46. The van der Waals surface area contributed by atoms with E-state index in [0.717, 1.165) is 17.9 Å². The molecule has 10 nitrogen and oxygen atoms in total. The molecule has 2 amide bonds. The van der Waals surface area contributed by atoms with Crippen LogP contribution in [-0.4, -0.2) is 59.2 Å². The summed E-state index contributed by atoms with van der Waals surface area (Å²) in [4.78, 5) is 43.3. The summed E-state index contributed by atoms with van der Waals surface area (Å²) < 4.78 is 36.4. The van der Waals surface area contributed by atoms with E-state index in [2.05, 4.69) is 61.4 Å². The molecule has 1 atom stereocenters. The summed E-state index contributed by atoms with van der Waals surface area (Å²) in [5.74, 6) is -1.77. The molecule has 0 spiro atoms. The Kier molecular flexibility index (Phi) is 9.67. The second-order valence-electron chi connectivity index (χ2n) is 13.2. The van der Waals surface area contributed by atoms with Crippen LogP contribution in [-0.2, 0) is 40.2 Å². The number of fused-ring (bicyclic) bond motifs is 2. The zero-order valence-corrected chi connectivity index (χ0v) is 29.3. The molecule has 11 heteroatoms. The summed E-state index contributed by atoms with van der Waals surface area (Å²) in [5.41, 5.74) is 6.50. The van der Waals surface area contributed by atoms with Gasteiger partial charge in [0, 0.05) is 60.3 Å². The first-order valence-electron chi connectivity index (χ1n) is 16.4. The van der Waals surface area contributed by atoms with Crippen molar-refractivity contribution < 1.29 is 36.8 Å². The number of imide groups is 1. The normalized spacial score (nSPS) is 21.4. The van der Waals surface area contributed by atoms with Crippen molar-refractivity contribution in [3.05, 3.63) is 89.2 Å². The standard InChI is InChI=1S/C37H43N3O7S/c1-7-38-29-18-16-25(3)23-27(29)36(4,5)31(38)13-10-9-11-14-32-37(6,22-12-15-35(43)47-40-33(41)20-21-34(40)42)28-24-26(48(44,45)46)17-19-30(28)39(32)8-2/h9-11,13-14,16-19,23-24H,7-8,12,15,20-22H2,1-6H3/p+1. The fraction of sp³-hybridized carbons (Fsp3) is 0.405. The molecule has 1 N–H and O–H groups in total. The molecular weight excluding hydrogens is 630 g/mol. The third kappa shape index (κ3) is 6.41. The minimum absolute atomic E-state index is 0.0160. The molecule has 3 heterocycles. The van der Waals surface area contributed by atoms with Crippen LogP contribution in [0.15, 0.2) is 77.4 Å². The molecule has 48 heavy (non-hydrogen) atoms. The molecule has 0 radical (unpaired) electrons. The molecule has 1 saturated heterocycles. The van der Waals surface area contributed by atoms with E-state index in [1.807, 2.05) is 38.2 Å². The summed E-state index contributed by atoms with van der Waals surface area (Å²) in [6.07, 6.45) is 10.8. The number of rotatable bonds is 11. The lowest BCUT2D eigenvalue weighted by molar-refractivity contribution is -0.433. The van der Waals surface area contributed by atoms with Crippen LogP contribution in [0.25, 0.3) is 0 Å². The maximum Gasteiger partial charge on any atom is 0.333 e. The number of benzene rings is 2. The van der Waals surface area contributed by atoms with Gasteiger partial charge in [-0.3, -0.25) is 14.1 Å². The minimum atomic E-state index is -4.46. The molecule has 1 fully saturated rings. The lowest BCUT2D eigenvalue weighted by Gasteiger charge is -2.30. The van der Waals surface area contributed by atoms with E-state index >= 15 is 0 Å². The van der Waals surface area contributed by atoms with Crippen molar-refractivity contribution in [3.8, 4) is 0 Å². The molecule has 0 aromatic heterocycles. The highest BCUT2D eigenvalue weighted by Gasteiger charge is 2.45. The number of amides is 2. The zero-order chi connectivity index (χ0) is 35.0. The van der Waals surface area contributed by atoms with Gasteiger partial charge in [-0.2, -0.15) is 13.0 Å². The number of likely N-dealkylation sites (N-methyl/N-ethyl adjacent to an activating group) is 1. The quantitative estimate of drug-likeness (QED) is 0.129. The van der Waals surface area contributed by atoms with Crippen molar-refractivity contribution in [2.75, 3.05) is 18.0 Å². The number of hydrogen-bond donors (Lipinski definition) is 1. The fourth-order valence-electron chi connectivity index (χ4n) is 7.18. The molecule has 3 aliphatic rings. The van der Waals surface area contributed by atoms with E-state index in [0.29, 0.717) is 30.0 Å². The Morgan fingerprint density at radius 2 is 1.71 bits per heavy atom. The average molecular weight is 675 g/mol. The number of hydrogen-bond acceptors (Lipinski definition) is 7. The van der Waals surface area contributed by atoms with Gasteiger partial charge in [-0.05, 0) is 90.3 Å². The first-order chi connectivity index (χ1) is 22.6. The molecular formula is C37H44N3O7S+. The Morgan fingerprint density at radius 3 is 2.35 bits per heavy atom. The van der Waals surface area contributed by atoms with E-state index < -0.39 is 33.3 Å². The maximum absolute atomic E-state index is 12.6. The van der Waals surface area contributed by atoms with Gasteiger partial charge in [0.05, 0.1) is 10.3 Å². The van der Waals surface area contributed by atoms with E-state index in [9.17, 15) is 27.4 Å². The van der Waals surface area contributed by atoms with Crippen LogP contribution in [0.1, 0.15) is 83.4 Å². The van der Waals surface area contributed by atoms with E-state index in [1.54, 1.807) is 6.07 Å². The summed E-state index contributed by atoms with van der Waals surface area (Å²) in [5, 5.41) is 0.542. The van der Waals surface area contributed by atoms with Gasteiger partial charge in [0.2, 0.25) is 5.69 Å². The summed E-state index contributed by atoms with van der Waals surface area (Å²) in [6, 6.07) is 11.2. The van der Waals surface area contributed by atoms with Gasteiger partial charge in [-0.25, -0.2) is 4.79 Å². The Hall–Kier alpha value is -4.35. The molecule has 3 aliphatic heterocycles. The molecule has 2 aromatic rings. The number of hydroxylamine groups is 2. The predicted molar refractivity (Wildman–Crippen MR) is 184 cm³/mol. The van der Waals surface area contributed by atoms with Gasteiger partial charge >= 0.3 is 5.97 Å². The number of allylic oxidation sites excluding steroid dienone is 6. The highest BCUT2D eigenvalue weighted by Crippen LogP contribution is 2.51. The summed E-state index contributed by atoms with van der Waals surface area (Å²) in [6.45, 7) is 14.2. The Labute approximate surface area is 282 Å². The Morgan fingerprint density at radius 1 is 1.00 bits per heavy atom. The minimum Gasteiger partial charge on any atom is -0.344 e. The van der Waals surface area contributed by atoms with Crippen LogP contribution < -0.4 is 4.90 Å². The lowest BCUT2D eigenvalue weighted by atomic mass is 9.77. The number of nitrogens with zero attached hydrogens (tertiary/aromatic N) is 3. The van der Waals surface area contributed by atoms with Crippen LogP contribution in [0.4, 0.5) is 11.4 Å². The highest BCUT2D eigenvalue weighted by molar-refractivity contribution is 7.85. The molecule has 2 aromatic carbocycles. The maximum atomic E-state index is 12.6. The van der Waals surface area contributed by atoms with E-state index in [1.165, 1.54) is 34.7 Å². The van der Waals surface area contributed by atoms with E-state index in [-0.39, 0.29) is 29.6 Å². The molecule has 1 unspecified atom stereocenters. The molecule has 5 rings (SSSR count). The zero-order valence-electron chi connectivity index (χ0n) is 28.4. The van der Waals surface area contributed by atoms with Gasteiger partial charge in [0.15, 0.2) is 5.71 Å². The van der Waals surface area contributed by atoms with Crippen LogP contribution in [0.5, 0.6) is 0 Å². The monoisotopic (exact) mass is 674 g/mol. The summed E-state index contributed by atoms with van der Waals surface area (Å²) >= 11 is 0. The molecule has 0 aliphatic carbocycles. The Balaban J connectivity index is 1.42. The number of anilines is 1. The van der Waals surface area contributed by atoms with Gasteiger partial charge in [-0.15, -0.1) is 5.06 Å². The van der Waals surface area contributed by atoms with Crippen LogP contribution >= 0.6 is 0 Å². The third-order valence-electron chi connectivity index (χ3n) is 9.67. The van der Waals surface area contributed by atoms with Crippen molar-refractivity contribution in [1.82, 2.24) is 5.06 Å².